The molecule has 5 nitrogen and oxygen atoms in total. The minimum absolute atomic E-state index is 0.0795. The van der Waals surface area contributed by atoms with Crippen LogP contribution in [0.5, 0.6) is 5.75 Å². The Morgan fingerprint density at radius 3 is 2.42 bits per heavy atom. The predicted molar refractivity (Wildman–Crippen MR) is 99.9 cm³/mol. The lowest BCUT2D eigenvalue weighted by molar-refractivity contribution is -0.117. The van der Waals surface area contributed by atoms with Gasteiger partial charge >= 0.3 is 0 Å². The molecule has 0 aromatic heterocycles. The van der Waals surface area contributed by atoms with E-state index in [-0.39, 0.29) is 30.9 Å². The van der Waals surface area contributed by atoms with Gasteiger partial charge in [0.15, 0.2) is 0 Å². The van der Waals surface area contributed by atoms with E-state index in [1.807, 2.05) is 13.8 Å². The van der Waals surface area contributed by atoms with Gasteiger partial charge in [-0.25, -0.2) is 4.39 Å². The molecule has 0 aliphatic rings. The summed E-state index contributed by atoms with van der Waals surface area (Å²) in [5, 5.41) is 2.77. The normalized spacial score (nSPS) is 10.5. The van der Waals surface area contributed by atoms with Crippen molar-refractivity contribution in [1.29, 1.82) is 0 Å². The van der Waals surface area contributed by atoms with Crippen LogP contribution in [0.15, 0.2) is 48.5 Å². The van der Waals surface area contributed by atoms with Crippen LogP contribution in [0, 0.1) is 5.82 Å². The van der Waals surface area contributed by atoms with Gasteiger partial charge in [0.2, 0.25) is 11.8 Å². The number of carbonyl (C=O) groups excluding carboxylic acids is 2. The fourth-order valence-electron chi connectivity index (χ4n) is 2.44. The maximum absolute atomic E-state index is 13.4. The number of nitrogens with zero attached hydrogens (tertiary/aromatic N) is 1. The summed E-state index contributed by atoms with van der Waals surface area (Å²) in [4.78, 5) is 25.3. The Kier molecular flexibility index (Phi) is 6.72. The summed E-state index contributed by atoms with van der Waals surface area (Å²) in [5.41, 5.74) is 1.08. The number of hydrogen-bond donors (Lipinski definition) is 1. The summed E-state index contributed by atoms with van der Waals surface area (Å²) in [6.07, 6.45) is 0.177. The monoisotopic (exact) mass is 358 g/mol. The van der Waals surface area contributed by atoms with Crippen molar-refractivity contribution < 1.29 is 18.7 Å². The number of carbonyl (C=O) groups is 2. The van der Waals surface area contributed by atoms with Gasteiger partial charge < -0.3 is 15.0 Å². The van der Waals surface area contributed by atoms with Gasteiger partial charge in [0, 0.05) is 31.3 Å². The molecule has 0 atom stereocenters. The smallest absolute Gasteiger partial charge is 0.226 e. The van der Waals surface area contributed by atoms with Crippen molar-refractivity contribution >= 4 is 23.2 Å². The van der Waals surface area contributed by atoms with Crippen molar-refractivity contribution in [1.82, 2.24) is 0 Å². The molecule has 6 heteroatoms. The van der Waals surface area contributed by atoms with Crippen LogP contribution in [0.25, 0.3) is 0 Å². The van der Waals surface area contributed by atoms with Gasteiger partial charge in [0.05, 0.1) is 6.10 Å². The fourth-order valence-corrected chi connectivity index (χ4v) is 2.44. The van der Waals surface area contributed by atoms with Crippen molar-refractivity contribution in [2.45, 2.75) is 33.3 Å². The van der Waals surface area contributed by atoms with E-state index < -0.39 is 5.82 Å². The second kappa shape index (κ2) is 8.99. The first-order chi connectivity index (χ1) is 12.3. The highest BCUT2D eigenvalue weighted by molar-refractivity contribution is 5.94. The number of amides is 2. The van der Waals surface area contributed by atoms with Gasteiger partial charge in [-0.15, -0.1) is 0 Å². The molecule has 26 heavy (non-hydrogen) atoms. The largest absolute Gasteiger partial charge is 0.491 e. The van der Waals surface area contributed by atoms with E-state index >= 15 is 0 Å². The standard InChI is InChI=1S/C20H23FN2O3/c1-14(2)26-19-9-7-17(8-10-19)22-20(25)11-12-23(15(3)24)18-6-4-5-16(21)13-18/h4-10,13-14H,11-12H2,1-3H3,(H,22,25). The summed E-state index contributed by atoms with van der Waals surface area (Å²) >= 11 is 0. The lowest BCUT2D eigenvalue weighted by atomic mass is 10.2. The number of halogens is 1. The molecule has 0 aliphatic carbocycles. The third-order valence-corrected chi connectivity index (χ3v) is 3.57. The molecule has 2 aromatic rings. The van der Waals surface area contributed by atoms with Crippen LogP contribution in [0.3, 0.4) is 0 Å². The van der Waals surface area contributed by atoms with E-state index in [0.29, 0.717) is 11.4 Å². The fraction of sp³-hybridized carbons (Fsp3) is 0.300. The third kappa shape index (κ3) is 5.88. The zero-order valence-corrected chi connectivity index (χ0v) is 15.2. The van der Waals surface area contributed by atoms with Gasteiger partial charge in [0.25, 0.3) is 0 Å². The Labute approximate surface area is 152 Å². The van der Waals surface area contributed by atoms with Crippen LogP contribution in [-0.4, -0.2) is 24.5 Å². The molecule has 2 aromatic carbocycles. The van der Waals surface area contributed by atoms with Crippen molar-refractivity contribution in [3.63, 3.8) is 0 Å². The highest BCUT2D eigenvalue weighted by atomic mass is 19.1. The molecule has 2 amide bonds. The van der Waals surface area contributed by atoms with E-state index in [2.05, 4.69) is 5.32 Å². The van der Waals surface area contributed by atoms with Crippen LogP contribution in [-0.2, 0) is 9.59 Å². The first-order valence-corrected chi connectivity index (χ1v) is 8.45. The molecule has 0 saturated carbocycles. The van der Waals surface area contributed by atoms with Crippen molar-refractivity contribution in [2.75, 3.05) is 16.8 Å². The number of benzene rings is 2. The first-order valence-electron chi connectivity index (χ1n) is 8.45. The molecule has 0 radical (unpaired) electrons. The van der Waals surface area contributed by atoms with Crippen LogP contribution in [0.4, 0.5) is 15.8 Å². The average Bonchev–Trinajstić information content (AvgIpc) is 2.56. The van der Waals surface area contributed by atoms with Crippen LogP contribution >= 0.6 is 0 Å². The van der Waals surface area contributed by atoms with Gasteiger partial charge in [0.1, 0.15) is 11.6 Å². The minimum atomic E-state index is -0.429. The summed E-state index contributed by atoms with van der Waals surface area (Å²) < 4.78 is 18.9. The van der Waals surface area contributed by atoms with Crippen molar-refractivity contribution in [3.8, 4) is 5.75 Å². The zero-order chi connectivity index (χ0) is 19.1. The lowest BCUT2D eigenvalue weighted by Crippen LogP contribution is -2.32. The summed E-state index contributed by atoms with van der Waals surface area (Å²) in [6, 6.07) is 12.8. The highest BCUT2D eigenvalue weighted by Crippen LogP contribution is 2.18. The quantitative estimate of drug-likeness (QED) is 0.814. The molecule has 0 heterocycles. The molecule has 1 N–H and O–H groups in total. The van der Waals surface area contributed by atoms with Crippen molar-refractivity contribution in [2.24, 2.45) is 0 Å². The summed E-state index contributed by atoms with van der Waals surface area (Å²) in [5.74, 6) is -0.183. The Hall–Kier alpha value is -2.89. The predicted octanol–water partition coefficient (Wildman–Crippen LogP) is 3.99. The number of rotatable bonds is 7. The number of nitrogens with one attached hydrogen (secondary N) is 1. The molecule has 2 rings (SSSR count). The SMILES string of the molecule is CC(=O)N(CCC(=O)Nc1ccc(OC(C)C)cc1)c1cccc(F)c1. The number of anilines is 2. The number of hydrogen-bond acceptors (Lipinski definition) is 3. The van der Waals surface area contributed by atoms with E-state index in [1.54, 1.807) is 30.3 Å². The highest BCUT2D eigenvalue weighted by Gasteiger charge is 2.14. The van der Waals surface area contributed by atoms with E-state index in [9.17, 15) is 14.0 Å². The second-order valence-corrected chi connectivity index (χ2v) is 6.14. The maximum Gasteiger partial charge on any atom is 0.226 e. The number of ether oxygens (including phenoxy) is 1. The van der Waals surface area contributed by atoms with Crippen LogP contribution in [0.1, 0.15) is 27.2 Å². The molecule has 0 aliphatic heterocycles. The van der Waals surface area contributed by atoms with E-state index in [0.717, 1.165) is 5.75 Å². The summed E-state index contributed by atoms with van der Waals surface area (Å²) in [7, 11) is 0. The molecule has 138 valence electrons. The van der Waals surface area contributed by atoms with Crippen molar-refractivity contribution in [3.05, 3.63) is 54.3 Å². The van der Waals surface area contributed by atoms with Crippen LogP contribution in [0.2, 0.25) is 0 Å². The van der Waals surface area contributed by atoms with Gasteiger partial charge in [-0.1, -0.05) is 6.07 Å². The molecule has 0 bridgehead atoms. The Morgan fingerprint density at radius 1 is 1.15 bits per heavy atom. The Balaban J connectivity index is 1.93. The van der Waals surface area contributed by atoms with Gasteiger partial charge in [-0.05, 0) is 56.3 Å². The molecule has 0 saturated heterocycles. The minimum Gasteiger partial charge on any atom is -0.491 e. The Bertz CT molecular complexity index is 760. The lowest BCUT2D eigenvalue weighted by Gasteiger charge is -2.21. The topological polar surface area (TPSA) is 58.6 Å². The van der Waals surface area contributed by atoms with Crippen LogP contribution < -0.4 is 15.0 Å². The average molecular weight is 358 g/mol. The summed E-state index contributed by atoms with van der Waals surface area (Å²) in [6.45, 7) is 5.43. The second-order valence-electron chi connectivity index (χ2n) is 6.14. The van der Waals surface area contributed by atoms with Gasteiger partial charge in [-0.2, -0.15) is 0 Å². The molecule has 0 spiro atoms. The molecular formula is C20H23FN2O3. The Morgan fingerprint density at radius 2 is 1.85 bits per heavy atom. The maximum atomic E-state index is 13.4. The van der Waals surface area contributed by atoms with E-state index in [1.165, 1.54) is 30.0 Å². The molecular weight excluding hydrogens is 335 g/mol. The molecule has 0 fully saturated rings. The molecule has 0 unspecified atom stereocenters. The first kappa shape index (κ1) is 19.4. The third-order valence-electron chi connectivity index (χ3n) is 3.57. The zero-order valence-electron chi connectivity index (χ0n) is 15.2. The van der Waals surface area contributed by atoms with Gasteiger partial charge in [-0.3, -0.25) is 9.59 Å². The van der Waals surface area contributed by atoms with E-state index in [4.69, 9.17) is 4.74 Å².